The van der Waals surface area contributed by atoms with Gasteiger partial charge < -0.3 is 45.8 Å². The molecule has 1 saturated heterocycles. The average Bonchev–Trinajstić information content (AvgIpc) is 3.63. The molecule has 0 amide bonds. The Kier molecular flexibility index (Phi) is 10.6. The molecule has 0 radical (unpaired) electrons. The molecule has 5 heterocycles. The Labute approximate surface area is 295 Å². The number of aromatic nitrogens is 8. The Morgan fingerprint density at radius 1 is 0.981 bits per heavy atom. The fourth-order valence-corrected chi connectivity index (χ4v) is 7.70. The highest BCUT2D eigenvalue weighted by Crippen LogP contribution is 2.60. The predicted molar refractivity (Wildman–Crippen MR) is 176 cm³/mol. The molecule has 1 aliphatic heterocycles. The van der Waals surface area contributed by atoms with E-state index in [4.69, 9.17) is 15.0 Å². The third-order valence-electron chi connectivity index (χ3n) is 8.46. The van der Waals surface area contributed by atoms with Crippen molar-refractivity contribution in [1.29, 1.82) is 0 Å². The minimum Gasteiger partial charge on any atom is -0.388 e. The summed E-state index contributed by atoms with van der Waals surface area (Å²) < 4.78 is 46.7. The highest BCUT2D eigenvalue weighted by Gasteiger charge is 2.46. The predicted octanol–water partition coefficient (Wildman–Crippen LogP) is -2.96. The van der Waals surface area contributed by atoms with Crippen LogP contribution in [0, 0.1) is 13.8 Å². The first-order valence-corrected chi connectivity index (χ1v) is 18.5. The van der Waals surface area contributed by atoms with Crippen LogP contribution in [-0.2, 0) is 33.8 Å². The maximum Gasteiger partial charge on any atom is 0.481 e. The van der Waals surface area contributed by atoms with E-state index in [0.717, 1.165) is 17.5 Å². The number of H-pyrrole nitrogens is 2. The fourth-order valence-electron chi connectivity index (χ4n) is 5.61. The SMILES string of the molecule is Cc1cc2nc3c(=O)[nH]c(=O)[nH]c3[n+](C[C@@H](O)[C@H](O)[C@H](O)COP(=O)(O)OP(=O)(O)OC[C@H]3O[C@@H](n4cnc5c(N)ncnc54)[C@H](O)[C@@H]3O)c2cc1C. The van der Waals surface area contributed by atoms with Crippen molar-refractivity contribution in [2.45, 2.75) is 63.2 Å². The lowest BCUT2D eigenvalue weighted by Gasteiger charge is -2.24. The van der Waals surface area contributed by atoms with Gasteiger partial charge in [0.25, 0.3) is 5.56 Å². The highest BCUT2D eigenvalue weighted by molar-refractivity contribution is 7.61. The molecule has 26 heteroatoms. The first kappa shape index (κ1) is 38.6. The summed E-state index contributed by atoms with van der Waals surface area (Å²) in [6.45, 7) is 0.855. The zero-order valence-corrected chi connectivity index (χ0v) is 29.3. The van der Waals surface area contributed by atoms with Crippen molar-refractivity contribution < 1.29 is 67.1 Å². The zero-order valence-electron chi connectivity index (χ0n) is 27.5. The Morgan fingerprint density at radius 2 is 1.68 bits per heavy atom. The van der Waals surface area contributed by atoms with Crippen LogP contribution in [0.15, 0.2) is 34.4 Å². The molecule has 1 aromatic carbocycles. The molecule has 24 nitrogen and oxygen atoms in total. The maximum absolute atomic E-state index is 12.5. The standard InChI is InChI=1S/C27H33N9O15P2/c1-10-3-12-13(4-11(10)2)35(24-18(32-12)25(42)34-27(43)33-24)5-14(37)19(39)15(38)6-48-52(44,45)51-53(46,47)49-7-16-20(40)21(41)26(50-16)36-9-31-17-22(28)29-8-30-23(17)36/h3-4,8-9,14-16,19-21,26,37-41H,5-7H2,1-2H3,(H5,28,29,30,34,42,43,44,45,46,47)/p+1/t14-,15-,16-,19+,20-,21-,26-/m1/s1. The second-order valence-corrected chi connectivity index (χ2v) is 15.2. The Balaban J connectivity index is 1.07. The van der Waals surface area contributed by atoms with Gasteiger partial charge in [-0.05, 0) is 37.1 Å². The van der Waals surface area contributed by atoms with Crippen LogP contribution >= 0.6 is 15.6 Å². The average molecular weight is 787 g/mol. The number of nitrogens with one attached hydrogen (secondary N) is 2. The quantitative estimate of drug-likeness (QED) is 0.0324. The van der Waals surface area contributed by atoms with Crippen molar-refractivity contribution in [2.24, 2.45) is 0 Å². The van der Waals surface area contributed by atoms with Gasteiger partial charge in [0.05, 0.1) is 19.5 Å². The number of hydrogen-bond donors (Lipinski definition) is 10. The Morgan fingerprint density at radius 3 is 2.42 bits per heavy atom. The first-order valence-electron chi connectivity index (χ1n) is 15.5. The van der Waals surface area contributed by atoms with E-state index in [1.807, 2.05) is 0 Å². The van der Waals surface area contributed by atoms with E-state index in [0.29, 0.717) is 11.0 Å². The van der Waals surface area contributed by atoms with Gasteiger partial charge in [0.1, 0.15) is 60.5 Å². The zero-order chi connectivity index (χ0) is 38.6. The van der Waals surface area contributed by atoms with Crippen molar-refractivity contribution >= 4 is 54.8 Å². The number of phosphoric ester groups is 2. The summed E-state index contributed by atoms with van der Waals surface area (Å²) in [6, 6.07) is 3.33. The normalized spacial score (nSPS) is 23.3. The molecule has 0 saturated carbocycles. The number of nitrogens with zero attached hydrogens (tertiary/aromatic N) is 6. The van der Waals surface area contributed by atoms with Gasteiger partial charge in [0.15, 0.2) is 23.2 Å². The molecule has 53 heavy (non-hydrogen) atoms. The Hall–Kier alpha value is -4.13. The molecule has 2 unspecified atom stereocenters. The van der Waals surface area contributed by atoms with Crippen LogP contribution in [0.5, 0.6) is 0 Å². The van der Waals surface area contributed by atoms with E-state index in [1.165, 1.54) is 15.5 Å². The van der Waals surface area contributed by atoms with Gasteiger partial charge in [-0.2, -0.15) is 9.29 Å². The van der Waals surface area contributed by atoms with Crippen LogP contribution in [0.3, 0.4) is 0 Å². The molecule has 0 bridgehead atoms. The number of rotatable bonds is 13. The number of aliphatic hydroxyl groups excluding tert-OH is 5. The van der Waals surface area contributed by atoms with Crippen LogP contribution in [-0.4, -0.2) is 120 Å². The summed E-state index contributed by atoms with van der Waals surface area (Å²) in [6.07, 6.45) is -9.88. The van der Waals surface area contributed by atoms with Gasteiger partial charge in [-0.15, -0.1) is 0 Å². The number of fused-ring (bicyclic) bond motifs is 3. The van der Waals surface area contributed by atoms with Crippen molar-refractivity contribution in [3.63, 3.8) is 0 Å². The number of anilines is 1. The third-order valence-corrected chi connectivity index (χ3v) is 11.1. The van der Waals surface area contributed by atoms with Gasteiger partial charge in [-0.25, -0.2) is 38.4 Å². The lowest BCUT2D eigenvalue weighted by atomic mass is 10.1. The highest BCUT2D eigenvalue weighted by atomic mass is 31.3. The van der Waals surface area contributed by atoms with Crippen LogP contribution in [0.4, 0.5) is 5.82 Å². The molecule has 1 fully saturated rings. The number of nitrogens with two attached hydrogens (primary N) is 1. The van der Waals surface area contributed by atoms with Gasteiger partial charge in [0, 0.05) is 0 Å². The minimum atomic E-state index is -5.54. The van der Waals surface area contributed by atoms with E-state index < -0.39 is 89.5 Å². The Bertz CT molecular complexity index is 2410. The molecular formula is C27H34N9O15P2+. The number of hydrogen-bond acceptors (Lipinski definition) is 18. The summed E-state index contributed by atoms with van der Waals surface area (Å²) in [5.41, 5.74) is 6.28. The number of ether oxygens (including phenoxy) is 1. The molecule has 9 atom stereocenters. The van der Waals surface area contributed by atoms with Gasteiger partial charge in [0.2, 0.25) is 5.52 Å². The van der Waals surface area contributed by atoms with Crippen molar-refractivity contribution in [1.82, 2.24) is 34.5 Å². The van der Waals surface area contributed by atoms with Crippen LogP contribution in [0.25, 0.3) is 33.4 Å². The molecular weight excluding hydrogens is 752 g/mol. The molecule has 11 N–H and O–H groups in total. The van der Waals surface area contributed by atoms with Crippen LogP contribution in [0.1, 0.15) is 17.4 Å². The molecule has 286 valence electrons. The summed E-state index contributed by atoms with van der Waals surface area (Å²) in [5.74, 6) is 0.0305. The van der Waals surface area contributed by atoms with Crippen LogP contribution in [0.2, 0.25) is 0 Å². The molecule has 1 aliphatic rings. The van der Waals surface area contributed by atoms with E-state index in [1.54, 1.807) is 26.0 Å². The van der Waals surface area contributed by atoms with Gasteiger partial charge in [-0.3, -0.25) is 23.4 Å². The van der Waals surface area contributed by atoms with E-state index in [9.17, 15) is 54.0 Å². The number of aryl methyl sites for hydroxylation is 2. The second-order valence-electron chi connectivity index (χ2n) is 12.1. The van der Waals surface area contributed by atoms with E-state index in [-0.39, 0.29) is 28.1 Å². The monoisotopic (exact) mass is 786 g/mol. The molecule has 0 aliphatic carbocycles. The lowest BCUT2D eigenvalue weighted by Crippen LogP contribution is -2.51. The number of imidazole rings is 1. The largest absolute Gasteiger partial charge is 0.481 e. The molecule has 6 rings (SSSR count). The van der Waals surface area contributed by atoms with E-state index >= 15 is 0 Å². The van der Waals surface area contributed by atoms with Crippen molar-refractivity contribution in [3.8, 4) is 0 Å². The summed E-state index contributed by atoms with van der Waals surface area (Å²) in [5, 5.41) is 53.1. The van der Waals surface area contributed by atoms with Gasteiger partial charge in [-0.1, -0.05) is 0 Å². The summed E-state index contributed by atoms with van der Waals surface area (Å²) in [7, 11) is -11.0. The van der Waals surface area contributed by atoms with Crippen molar-refractivity contribution in [2.75, 3.05) is 18.9 Å². The number of aromatic amines is 2. The summed E-state index contributed by atoms with van der Waals surface area (Å²) >= 11 is 0. The van der Waals surface area contributed by atoms with Crippen LogP contribution < -0.4 is 21.5 Å². The lowest BCUT2D eigenvalue weighted by molar-refractivity contribution is -0.657. The molecule has 4 aromatic heterocycles. The number of benzene rings is 1. The summed E-state index contributed by atoms with van der Waals surface area (Å²) in [4.78, 5) is 65.4. The smallest absolute Gasteiger partial charge is 0.388 e. The van der Waals surface area contributed by atoms with Gasteiger partial charge >= 0.3 is 27.0 Å². The topological polar surface area (TPSA) is 365 Å². The minimum absolute atomic E-state index is 0.0305. The second kappa shape index (κ2) is 14.6. The maximum atomic E-state index is 12.5. The number of nitrogen functional groups attached to an aromatic ring is 1. The van der Waals surface area contributed by atoms with Crippen molar-refractivity contribution in [3.05, 3.63) is 56.8 Å². The number of phosphoric acid groups is 2. The van der Waals surface area contributed by atoms with E-state index in [2.05, 4.69) is 38.7 Å². The third kappa shape index (κ3) is 7.91. The first-order chi connectivity index (χ1) is 24.9. The fraction of sp³-hybridized carbons (Fsp3) is 0.444. The molecule has 5 aromatic rings. The number of aliphatic hydroxyl groups is 5. The molecule has 0 spiro atoms.